The van der Waals surface area contributed by atoms with Crippen LogP contribution < -0.4 is 5.32 Å². The van der Waals surface area contributed by atoms with E-state index in [0.717, 1.165) is 6.54 Å². The van der Waals surface area contributed by atoms with Crippen LogP contribution in [0.1, 0.15) is 55.7 Å². The van der Waals surface area contributed by atoms with E-state index in [9.17, 15) is 0 Å². The smallest absolute Gasteiger partial charge is 0.0320 e. The molecule has 0 saturated carbocycles. The van der Waals surface area contributed by atoms with Crippen molar-refractivity contribution in [3.63, 3.8) is 0 Å². The average Bonchev–Trinajstić information content (AvgIpc) is 2.80. The van der Waals surface area contributed by atoms with Crippen molar-refractivity contribution in [1.29, 1.82) is 0 Å². The Morgan fingerprint density at radius 2 is 1.74 bits per heavy atom. The molecule has 2 heteroatoms. The molecule has 0 aromatic heterocycles. The molecule has 0 aliphatic carbocycles. The topological polar surface area (TPSA) is 15.3 Å². The van der Waals surface area contributed by atoms with E-state index in [1.807, 2.05) is 0 Å². The predicted octanol–water partition coefficient (Wildman–Crippen LogP) is 3.49. The lowest BCUT2D eigenvalue weighted by molar-refractivity contribution is 0.331. The molecule has 2 aliphatic rings. The molecule has 1 unspecified atom stereocenters. The van der Waals surface area contributed by atoms with Crippen LogP contribution in [0.15, 0.2) is 24.3 Å². The molecule has 1 N–H and O–H groups in total. The van der Waals surface area contributed by atoms with E-state index >= 15 is 0 Å². The van der Waals surface area contributed by atoms with Crippen LogP contribution in [0.4, 0.5) is 0 Å². The van der Waals surface area contributed by atoms with Gasteiger partial charge in [-0.15, -0.1) is 0 Å². The fourth-order valence-corrected chi connectivity index (χ4v) is 3.37. The maximum Gasteiger partial charge on any atom is 0.0320 e. The molecule has 1 aromatic rings. The Morgan fingerprint density at radius 3 is 2.53 bits per heavy atom. The molecular formula is C17H26N2. The van der Waals surface area contributed by atoms with Crippen LogP contribution >= 0.6 is 0 Å². The second-order valence-electron chi connectivity index (χ2n) is 6.08. The van der Waals surface area contributed by atoms with Gasteiger partial charge in [0.05, 0.1) is 0 Å². The SMILES string of the molecule is c1cc(C2CCCCCN2)ccc1CN1CCCC1. The number of hydrogen-bond donors (Lipinski definition) is 1. The molecule has 0 spiro atoms. The third-order valence-corrected chi connectivity index (χ3v) is 4.55. The second-order valence-corrected chi connectivity index (χ2v) is 6.08. The minimum Gasteiger partial charge on any atom is -0.310 e. The van der Waals surface area contributed by atoms with Gasteiger partial charge in [0.15, 0.2) is 0 Å². The number of benzene rings is 1. The second kappa shape index (κ2) is 6.53. The molecule has 3 rings (SSSR count). The van der Waals surface area contributed by atoms with Crippen molar-refractivity contribution in [2.24, 2.45) is 0 Å². The molecule has 2 aliphatic heterocycles. The summed E-state index contributed by atoms with van der Waals surface area (Å²) in [4.78, 5) is 2.57. The molecule has 0 radical (unpaired) electrons. The molecule has 0 amide bonds. The van der Waals surface area contributed by atoms with Crippen LogP contribution in [0.3, 0.4) is 0 Å². The van der Waals surface area contributed by atoms with E-state index in [1.165, 1.54) is 69.3 Å². The van der Waals surface area contributed by atoms with Gasteiger partial charge in [-0.2, -0.15) is 0 Å². The van der Waals surface area contributed by atoms with Crippen LogP contribution in [0, 0.1) is 0 Å². The van der Waals surface area contributed by atoms with Crippen molar-refractivity contribution >= 4 is 0 Å². The highest BCUT2D eigenvalue weighted by Crippen LogP contribution is 2.23. The molecule has 2 fully saturated rings. The zero-order valence-corrected chi connectivity index (χ0v) is 11.9. The van der Waals surface area contributed by atoms with Gasteiger partial charge in [-0.25, -0.2) is 0 Å². The standard InChI is InChI=1S/C17H26N2/c1-2-6-17(18-11-3-1)16-9-7-15(8-10-16)14-19-12-4-5-13-19/h7-10,17-18H,1-6,11-14H2. The zero-order valence-electron chi connectivity index (χ0n) is 11.9. The van der Waals surface area contributed by atoms with Crippen LogP contribution in [-0.2, 0) is 6.54 Å². The molecular weight excluding hydrogens is 232 g/mol. The summed E-state index contributed by atoms with van der Waals surface area (Å²) >= 11 is 0. The van der Waals surface area contributed by atoms with Crippen LogP contribution in [0.2, 0.25) is 0 Å². The molecule has 1 atom stereocenters. The highest BCUT2D eigenvalue weighted by molar-refractivity contribution is 5.25. The highest BCUT2D eigenvalue weighted by atomic mass is 15.1. The monoisotopic (exact) mass is 258 g/mol. The first-order valence-corrected chi connectivity index (χ1v) is 7.96. The Balaban J connectivity index is 1.60. The molecule has 104 valence electrons. The van der Waals surface area contributed by atoms with Gasteiger partial charge < -0.3 is 5.32 Å². The fraction of sp³-hybridized carbons (Fsp3) is 0.647. The minimum atomic E-state index is 0.586. The maximum atomic E-state index is 3.68. The lowest BCUT2D eigenvalue weighted by Gasteiger charge is -2.18. The predicted molar refractivity (Wildman–Crippen MR) is 80.2 cm³/mol. The van der Waals surface area contributed by atoms with Gasteiger partial charge in [0.25, 0.3) is 0 Å². The Bertz CT molecular complexity index is 371. The number of rotatable bonds is 3. The van der Waals surface area contributed by atoms with Crippen molar-refractivity contribution in [3.8, 4) is 0 Å². The molecule has 2 heterocycles. The van der Waals surface area contributed by atoms with Gasteiger partial charge in [-0.05, 0) is 56.4 Å². The van der Waals surface area contributed by atoms with E-state index in [-0.39, 0.29) is 0 Å². The zero-order chi connectivity index (χ0) is 12.9. The van der Waals surface area contributed by atoms with Gasteiger partial charge in [-0.3, -0.25) is 4.90 Å². The summed E-state index contributed by atoms with van der Waals surface area (Å²) in [6, 6.07) is 9.94. The first kappa shape index (κ1) is 13.1. The van der Waals surface area contributed by atoms with Crippen molar-refractivity contribution < 1.29 is 0 Å². The van der Waals surface area contributed by atoms with Crippen LogP contribution in [0.5, 0.6) is 0 Å². The molecule has 1 aromatic carbocycles. The van der Waals surface area contributed by atoms with E-state index in [1.54, 1.807) is 0 Å². The van der Waals surface area contributed by atoms with E-state index in [2.05, 4.69) is 34.5 Å². The lowest BCUT2D eigenvalue weighted by Crippen LogP contribution is -2.20. The van der Waals surface area contributed by atoms with Gasteiger partial charge in [-0.1, -0.05) is 37.1 Å². The summed E-state index contributed by atoms with van der Waals surface area (Å²) in [5.74, 6) is 0. The summed E-state index contributed by atoms with van der Waals surface area (Å²) in [5.41, 5.74) is 2.95. The summed E-state index contributed by atoms with van der Waals surface area (Å²) in [7, 11) is 0. The van der Waals surface area contributed by atoms with Crippen molar-refractivity contribution in [1.82, 2.24) is 10.2 Å². The maximum absolute atomic E-state index is 3.68. The quantitative estimate of drug-likeness (QED) is 0.893. The average molecular weight is 258 g/mol. The summed E-state index contributed by atoms with van der Waals surface area (Å²) < 4.78 is 0. The minimum absolute atomic E-state index is 0.586. The van der Waals surface area contributed by atoms with Gasteiger partial charge >= 0.3 is 0 Å². The first-order chi connectivity index (χ1) is 9.42. The van der Waals surface area contributed by atoms with Crippen LogP contribution in [-0.4, -0.2) is 24.5 Å². The number of likely N-dealkylation sites (tertiary alicyclic amines) is 1. The normalized spacial score (nSPS) is 25.4. The third kappa shape index (κ3) is 3.58. The largest absolute Gasteiger partial charge is 0.310 e. The summed E-state index contributed by atoms with van der Waals surface area (Å²) in [5, 5.41) is 3.68. The fourth-order valence-electron chi connectivity index (χ4n) is 3.37. The Hall–Kier alpha value is -0.860. The Labute approximate surface area is 117 Å². The number of hydrogen-bond acceptors (Lipinski definition) is 2. The van der Waals surface area contributed by atoms with E-state index in [0.29, 0.717) is 6.04 Å². The van der Waals surface area contributed by atoms with E-state index in [4.69, 9.17) is 0 Å². The highest BCUT2D eigenvalue weighted by Gasteiger charge is 2.14. The van der Waals surface area contributed by atoms with Crippen LogP contribution in [0.25, 0.3) is 0 Å². The van der Waals surface area contributed by atoms with Crippen molar-refractivity contribution in [3.05, 3.63) is 35.4 Å². The Morgan fingerprint density at radius 1 is 0.947 bits per heavy atom. The molecule has 0 bridgehead atoms. The Kier molecular flexibility index (Phi) is 4.52. The summed E-state index contributed by atoms with van der Waals surface area (Å²) in [6.07, 6.45) is 8.15. The molecule has 19 heavy (non-hydrogen) atoms. The molecule has 2 nitrogen and oxygen atoms in total. The van der Waals surface area contributed by atoms with Gasteiger partial charge in [0, 0.05) is 12.6 Å². The van der Waals surface area contributed by atoms with Gasteiger partial charge in [0.1, 0.15) is 0 Å². The van der Waals surface area contributed by atoms with E-state index < -0.39 is 0 Å². The summed E-state index contributed by atoms with van der Waals surface area (Å²) in [6.45, 7) is 4.89. The lowest BCUT2D eigenvalue weighted by atomic mass is 10.0. The molecule has 2 saturated heterocycles. The third-order valence-electron chi connectivity index (χ3n) is 4.55. The number of nitrogens with one attached hydrogen (secondary N) is 1. The van der Waals surface area contributed by atoms with Crippen molar-refractivity contribution in [2.75, 3.05) is 19.6 Å². The van der Waals surface area contributed by atoms with Gasteiger partial charge in [0.2, 0.25) is 0 Å². The number of nitrogens with zero attached hydrogens (tertiary/aromatic N) is 1. The van der Waals surface area contributed by atoms with Crippen molar-refractivity contribution in [2.45, 2.75) is 51.1 Å². The first-order valence-electron chi connectivity index (χ1n) is 7.96.